The van der Waals surface area contributed by atoms with Crippen LogP contribution in [0, 0.1) is 0 Å². The van der Waals surface area contributed by atoms with E-state index in [-0.39, 0.29) is 8.85 Å². The van der Waals surface area contributed by atoms with Crippen molar-refractivity contribution in [3.63, 3.8) is 0 Å². The average molecular weight is 356 g/mol. The molecule has 0 atom stereocenters. The Bertz CT molecular complexity index is 614. The smallest absolute Gasteiger partial charge is 0.0336 e. The highest BCUT2D eigenvalue weighted by atomic mass is 15.3. The molecule has 1 saturated heterocycles. The standard InChI is InChI=1S/C22H31N3.CH4.H2/c1-3-7-20(8-4-1)17-23-19-22(11-12-22)25-15-13-24(14-16-25)18-21-9-5-2-6-10-21;;/h1,3-5,7-10,23H,2,6,11-19H2;1H4;1H. The molecule has 1 aromatic rings. The molecule has 1 heterocycles. The summed E-state index contributed by atoms with van der Waals surface area (Å²) in [5, 5.41) is 3.71. The van der Waals surface area contributed by atoms with E-state index in [0.717, 1.165) is 19.6 Å². The molecule has 0 unspecified atom stereocenters. The van der Waals surface area contributed by atoms with Crippen LogP contribution in [0.5, 0.6) is 0 Å². The van der Waals surface area contributed by atoms with Gasteiger partial charge in [0.2, 0.25) is 0 Å². The Labute approximate surface area is 161 Å². The first-order valence-corrected chi connectivity index (χ1v) is 9.92. The van der Waals surface area contributed by atoms with Gasteiger partial charge in [-0.3, -0.25) is 9.80 Å². The van der Waals surface area contributed by atoms with Gasteiger partial charge in [0.1, 0.15) is 0 Å². The predicted octanol–water partition coefficient (Wildman–Crippen LogP) is 4.08. The number of nitrogens with zero attached hydrogens (tertiary/aromatic N) is 2. The van der Waals surface area contributed by atoms with Crippen molar-refractivity contribution in [2.45, 2.75) is 45.2 Å². The molecule has 4 rings (SSSR count). The van der Waals surface area contributed by atoms with Crippen LogP contribution in [-0.4, -0.2) is 54.6 Å². The molecule has 3 nitrogen and oxygen atoms in total. The summed E-state index contributed by atoms with van der Waals surface area (Å²) in [5.41, 5.74) is 3.35. The summed E-state index contributed by atoms with van der Waals surface area (Å²) in [7, 11) is 0. The van der Waals surface area contributed by atoms with Crippen LogP contribution < -0.4 is 5.32 Å². The molecule has 144 valence electrons. The maximum absolute atomic E-state index is 3.71. The molecule has 1 aliphatic heterocycles. The molecule has 3 heteroatoms. The minimum atomic E-state index is 0. The minimum absolute atomic E-state index is 0. The summed E-state index contributed by atoms with van der Waals surface area (Å²) in [5.74, 6) is 0. The monoisotopic (exact) mass is 355 g/mol. The fourth-order valence-electron chi connectivity index (χ4n) is 4.21. The van der Waals surface area contributed by atoms with E-state index < -0.39 is 0 Å². The Morgan fingerprint density at radius 2 is 1.77 bits per heavy atom. The van der Waals surface area contributed by atoms with E-state index in [0.29, 0.717) is 5.54 Å². The third-order valence-electron chi connectivity index (χ3n) is 5.97. The maximum atomic E-state index is 3.71. The molecule has 0 amide bonds. The van der Waals surface area contributed by atoms with E-state index in [1.807, 2.05) is 0 Å². The number of hydrogen-bond acceptors (Lipinski definition) is 3. The first-order valence-electron chi connectivity index (χ1n) is 9.92. The molecular weight excluding hydrogens is 318 g/mol. The maximum Gasteiger partial charge on any atom is 0.0336 e. The highest BCUT2D eigenvalue weighted by Crippen LogP contribution is 2.41. The molecule has 2 fully saturated rings. The van der Waals surface area contributed by atoms with Crippen molar-refractivity contribution in [2.24, 2.45) is 0 Å². The first kappa shape index (κ1) is 19.3. The van der Waals surface area contributed by atoms with Crippen LogP contribution in [0.4, 0.5) is 0 Å². The minimum Gasteiger partial charge on any atom is -0.311 e. The highest BCUT2D eigenvalue weighted by molar-refractivity contribution is 5.23. The zero-order valence-corrected chi connectivity index (χ0v) is 15.3. The largest absolute Gasteiger partial charge is 0.311 e. The van der Waals surface area contributed by atoms with Gasteiger partial charge >= 0.3 is 0 Å². The Balaban J connectivity index is 0.00000131. The van der Waals surface area contributed by atoms with E-state index in [9.17, 15) is 0 Å². The Kier molecular flexibility index (Phi) is 6.68. The molecule has 0 bridgehead atoms. The molecule has 0 spiro atoms. The lowest BCUT2D eigenvalue weighted by Crippen LogP contribution is -2.54. The first-order chi connectivity index (χ1) is 12.3. The predicted molar refractivity (Wildman–Crippen MR) is 113 cm³/mol. The van der Waals surface area contributed by atoms with Crippen molar-refractivity contribution in [1.82, 2.24) is 15.1 Å². The normalized spacial score (nSPS) is 22.5. The lowest BCUT2D eigenvalue weighted by molar-refractivity contribution is 0.0891. The quantitative estimate of drug-likeness (QED) is 0.795. The lowest BCUT2D eigenvalue weighted by atomic mass is 10.1. The zero-order chi connectivity index (χ0) is 17.0. The van der Waals surface area contributed by atoms with Crippen molar-refractivity contribution in [2.75, 3.05) is 39.3 Å². The Morgan fingerprint density at radius 1 is 1.00 bits per heavy atom. The number of hydrogen-bond donors (Lipinski definition) is 1. The molecule has 3 aliphatic rings. The van der Waals surface area contributed by atoms with Crippen molar-refractivity contribution in [3.05, 3.63) is 59.7 Å². The summed E-state index contributed by atoms with van der Waals surface area (Å²) >= 11 is 0. The second kappa shape index (κ2) is 8.98. The summed E-state index contributed by atoms with van der Waals surface area (Å²) in [6, 6.07) is 10.8. The van der Waals surface area contributed by atoms with Gasteiger partial charge < -0.3 is 5.32 Å². The van der Waals surface area contributed by atoms with E-state index >= 15 is 0 Å². The van der Waals surface area contributed by atoms with Crippen LogP contribution in [0.2, 0.25) is 0 Å². The third-order valence-corrected chi connectivity index (χ3v) is 5.97. The van der Waals surface area contributed by atoms with Gasteiger partial charge in [0, 0.05) is 52.8 Å². The summed E-state index contributed by atoms with van der Waals surface area (Å²) < 4.78 is 0. The number of piperazine rings is 1. The third kappa shape index (κ3) is 4.85. The lowest BCUT2D eigenvalue weighted by Gasteiger charge is -2.40. The van der Waals surface area contributed by atoms with Gasteiger partial charge in [-0.2, -0.15) is 0 Å². The van der Waals surface area contributed by atoms with Gasteiger partial charge in [0.25, 0.3) is 0 Å². The molecule has 1 saturated carbocycles. The zero-order valence-electron chi connectivity index (χ0n) is 15.3. The molecule has 26 heavy (non-hydrogen) atoms. The van der Waals surface area contributed by atoms with Crippen molar-refractivity contribution < 1.29 is 1.43 Å². The molecular formula is C23H37N3. The average Bonchev–Trinajstić information content (AvgIpc) is 3.45. The second-order valence-electron chi connectivity index (χ2n) is 7.84. The van der Waals surface area contributed by atoms with Crippen molar-refractivity contribution >= 4 is 0 Å². The van der Waals surface area contributed by atoms with Crippen LogP contribution in [0.3, 0.4) is 0 Å². The number of benzene rings is 1. The van der Waals surface area contributed by atoms with E-state index in [1.54, 1.807) is 0 Å². The van der Waals surface area contributed by atoms with Gasteiger partial charge in [0.05, 0.1) is 0 Å². The van der Waals surface area contributed by atoms with Gasteiger partial charge in [0.15, 0.2) is 0 Å². The van der Waals surface area contributed by atoms with Crippen LogP contribution in [0.15, 0.2) is 54.1 Å². The molecule has 2 aliphatic carbocycles. The SMILES string of the molecule is C.C1=CC(CN2CCN(C3(CNCc4ccccc4)CC3)CC2)=CCC1.[HH]. The topological polar surface area (TPSA) is 18.5 Å². The van der Waals surface area contributed by atoms with Gasteiger partial charge in [-0.25, -0.2) is 0 Å². The molecule has 1 aromatic carbocycles. The van der Waals surface area contributed by atoms with E-state index in [4.69, 9.17) is 0 Å². The fourth-order valence-corrected chi connectivity index (χ4v) is 4.21. The Hall–Kier alpha value is -1.42. The van der Waals surface area contributed by atoms with Crippen LogP contribution in [0.25, 0.3) is 0 Å². The summed E-state index contributed by atoms with van der Waals surface area (Å²) in [6.45, 7) is 8.15. The van der Waals surface area contributed by atoms with Crippen molar-refractivity contribution in [1.29, 1.82) is 0 Å². The van der Waals surface area contributed by atoms with Crippen LogP contribution >= 0.6 is 0 Å². The van der Waals surface area contributed by atoms with Crippen molar-refractivity contribution in [3.8, 4) is 0 Å². The van der Waals surface area contributed by atoms with Gasteiger partial charge in [-0.15, -0.1) is 0 Å². The molecule has 0 radical (unpaired) electrons. The number of nitrogens with one attached hydrogen (secondary N) is 1. The highest BCUT2D eigenvalue weighted by Gasteiger charge is 2.47. The number of allylic oxidation sites excluding steroid dienone is 2. The fraction of sp³-hybridized carbons (Fsp3) is 0.565. The Morgan fingerprint density at radius 3 is 2.42 bits per heavy atom. The van der Waals surface area contributed by atoms with Crippen LogP contribution in [-0.2, 0) is 6.54 Å². The van der Waals surface area contributed by atoms with E-state index in [1.165, 1.54) is 63.0 Å². The van der Waals surface area contributed by atoms with E-state index in [2.05, 4.69) is 63.7 Å². The second-order valence-corrected chi connectivity index (χ2v) is 7.84. The summed E-state index contributed by atoms with van der Waals surface area (Å²) in [6.07, 6.45) is 12.2. The summed E-state index contributed by atoms with van der Waals surface area (Å²) in [4.78, 5) is 5.39. The van der Waals surface area contributed by atoms with Gasteiger partial charge in [-0.05, 0) is 36.8 Å². The number of rotatable bonds is 7. The molecule has 1 N–H and O–H groups in total. The molecule has 0 aromatic heterocycles. The van der Waals surface area contributed by atoms with Crippen LogP contribution in [0.1, 0.15) is 40.1 Å². The van der Waals surface area contributed by atoms with Gasteiger partial charge in [-0.1, -0.05) is 56.0 Å².